The lowest BCUT2D eigenvalue weighted by molar-refractivity contribution is 0.0214. The molecule has 0 amide bonds. The molecule has 1 aliphatic rings. The smallest absolute Gasteiger partial charge is 0.338 e. The molecule has 0 bridgehead atoms. The van der Waals surface area contributed by atoms with Crippen LogP contribution in [0.1, 0.15) is 36.0 Å². The normalized spacial score (nSPS) is 25.1. The van der Waals surface area contributed by atoms with Crippen molar-refractivity contribution in [3.05, 3.63) is 35.9 Å². The molecule has 0 saturated heterocycles. The lowest BCUT2D eigenvalue weighted by Crippen LogP contribution is -2.24. The van der Waals surface area contributed by atoms with Crippen LogP contribution in [-0.4, -0.2) is 17.5 Å². The standard InChI is InChI=1S/C13H15ClO2/c14-11-6-8-12(9-7-11)16-13(15)10-4-2-1-3-5-10/h1-5,11-12H,6-9H2. The second kappa shape index (κ2) is 5.35. The first-order valence-electron chi connectivity index (χ1n) is 5.66. The van der Waals surface area contributed by atoms with E-state index in [-0.39, 0.29) is 17.5 Å². The van der Waals surface area contributed by atoms with Crippen LogP contribution in [0.2, 0.25) is 0 Å². The third kappa shape index (κ3) is 2.99. The largest absolute Gasteiger partial charge is 0.459 e. The van der Waals surface area contributed by atoms with Crippen molar-refractivity contribution in [1.82, 2.24) is 0 Å². The van der Waals surface area contributed by atoms with E-state index in [0.29, 0.717) is 5.56 Å². The third-order valence-corrected chi connectivity index (χ3v) is 3.32. The molecule has 1 aromatic rings. The summed E-state index contributed by atoms with van der Waals surface area (Å²) in [6, 6.07) is 9.11. The summed E-state index contributed by atoms with van der Waals surface area (Å²) in [7, 11) is 0. The average molecular weight is 239 g/mol. The molecule has 0 atom stereocenters. The Balaban J connectivity index is 1.88. The summed E-state index contributed by atoms with van der Waals surface area (Å²) in [6.45, 7) is 0. The van der Waals surface area contributed by atoms with Crippen LogP contribution in [0.5, 0.6) is 0 Å². The van der Waals surface area contributed by atoms with Gasteiger partial charge in [0, 0.05) is 5.38 Å². The Labute approximate surface area is 101 Å². The SMILES string of the molecule is O=C(OC1CCC(Cl)CC1)c1ccccc1. The molecule has 86 valence electrons. The molecular weight excluding hydrogens is 224 g/mol. The van der Waals surface area contributed by atoms with Gasteiger partial charge >= 0.3 is 5.97 Å². The van der Waals surface area contributed by atoms with E-state index in [1.807, 2.05) is 18.2 Å². The van der Waals surface area contributed by atoms with E-state index in [4.69, 9.17) is 16.3 Å². The van der Waals surface area contributed by atoms with Gasteiger partial charge in [0.1, 0.15) is 6.10 Å². The van der Waals surface area contributed by atoms with Gasteiger partial charge in [0.25, 0.3) is 0 Å². The van der Waals surface area contributed by atoms with Crippen LogP contribution < -0.4 is 0 Å². The van der Waals surface area contributed by atoms with Crippen molar-refractivity contribution in [3.63, 3.8) is 0 Å². The highest BCUT2D eigenvalue weighted by molar-refractivity contribution is 6.20. The Morgan fingerprint density at radius 2 is 1.75 bits per heavy atom. The molecule has 1 saturated carbocycles. The van der Waals surface area contributed by atoms with E-state index in [2.05, 4.69) is 0 Å². The molecule has 0 unspecified atom stereocenters. The van der Waals surface area contributed by atoms with Crippen LogP contribution in [0, 0.1) is 0 Å². The Morgan fingerprint density at radius 1 is 1.12 bits per heavy atom. The number of rotatable bonds is 2. The number of ether oxygens (including phenoxy) is 1. The first kappa shape index (κ1) is 11.5. The van der Waals surface area contributed by atoms with E-state index >= 15 is 0 Å². The second-order valence-corrected chi connectivity index (χ2v) is 4.76. The molecule has 2 nitrogen and oxygen atoms in total. The van der Waals surface area contributed by atoms with Gasteiger partial charge in [-0.2, -0.15) is 0 Å². The van der Waals surface area contributed by atoms with E-state index in [1.165, 1.54) is 0 Å². The van der Waals surface area contributed by atoms with Crippen molar-refractivity contribution in [3.8, 4) is 0 Å². The number of halogens is 1. The zero-order chi connectivity index (χ0) is 11.4. The van der Waals surface area contributed by atoms with Crippen LogP contribution in [0.3, 0.4) is 0 Å². The van der Waals surface area contributed by atoms with E-state index < -0.39 is 0 Å². The summed E-state index contributed by atoms with van der Waals surface area (Å²) in [6.07, 6.45) is 3.69. The quantitative estimate of drug-likeness (QED) is 0.583. The van der Waals surface area contributed by atoms with Crippen molar-refractivity contribution in [1.29, 1.82) is 0 Å². The predicted molar refractivity (Wildman–Crippen MR) is 63.8 cm³/mol. The Morgan fingerprint density at radius 3 is 2.38 bits per heavy atom. The van der Waals surface area contributed by atoms with Crippen molar-refractivity contribution in [2.24, 2.45) is 0 Å². The minimum absolute atomic E-state index is 0.0442. The molecule has 0 N–H and O–H groups in total. The zero-order valence-corrected chi connectivity index (χ0v) is 9.82. The minimum Gasteiger partial charge on any atom is -0.459 e. The van der Waals surface area contributed by atoms with Crippen molar-refractivity contribution in [2.75, 3.05) is 0 Å². The molecule has 0 spiro atoms. The maximum absolute atomic E-state index is 11.7. The Bertz CT molecular complexity index is 342. The highest BCUT2D eigenvalue weighted by Gasteiger charge is 2.22. The number of benzene rings is 1. The average Bonchev–Trinajstić information content (AvgIpc) is 2.33. The molecule has 0 aliphatic heterocycles. The maximum Gasteiger partial charge on any atom is 0.338 e. The molecule has 0 aromatic heterocycles. The Kier molecular flexibility index (Phi) is 3.83. The number of carbonyl (C=O) groups excluding carboxylic acids is 1. The monoisotopic (exact) mass is 238 g/mol. The molecular formula is C13H15ClO2. The number of esters is 1. The lowest BCUT2D eigenvalue weighted by Gasteiger charge is -2.24. The van der Waals surface area contributed by atoms with Gasteiger partial charge in [0.05, 0.1) is 5.56 Å². The van der Waals surface area contributed by atoms with Gasteiger partial charge in [0.2, 0.25) is 0 Å². The highest BCUT2D eigenvalue weighted by atomic mass is 35.5. The van der Waals surface area contributed by atoms with Crippen LogP contribution in [0.4, 0.5) is 0 Å². The summed E-state index contributed by atoms with van der Waals surface area (Å²) in [4.78, 5) is 11.7. The fraction of sp³-hybridized carbons (Fsp3) is 0.462. The molecule has 1 fully saturated rings. The third-order valence-electron chi connectivity index (χ3n) is 2.89. The minimum atomic E-state index is -0.223. The molecule has 3 heteroatoms. The summed E-state index contributed by atoms with van der Waals surface area (Å²) in [5.74, 6) is -0.223. The van der Waals surface area contributed by atoms with Gasteiger partial charge in [-0.3, -0.25) is 0 Å². The number of carbonyl (C=O) groups is 1. The molecule has 1 aliphatic carbocycles. The van der Waals surface area contributed by atoms with Gasteiger partial charge in [0.15, 0.2) is 0 Å². The number of alkyl halides is 1. The van der Waals surface area contributed by atoms with E-state index in [0.717, 1.165) is 25.7 Å². The Hall–Kier alpha value is -1.02. The van der Waals surface area contributed by atoms with Gasteiger partial charge in [-0.05, 0) is 37.8 Å². The van der Waals surface area contributed by atoms with E-state index in [1.54, 1.807) is 12.1 Å². The first-order valence-corrected chi connectivity index (χ1v) is 6.09. The number of hydrogen-bond acceptors (Lipinski definition) is 2. The van der Waals surface area contributed by atoms with Gasteiger partial charge in [-0.25, -0.2) is 4.79 Å². The van der Waals surface area contributed by atoms with Crippen LogP contribution in [-0.2, 0) is 4.74 Å². The van der Waals surface area contributed by atoms with Crippen molar-refractivity contribution in [2.45, 2.75) is 37.2 Å². The second-order valence-electron chi connectivity index (χ2n) is 4.15. The zero-order valence-electron chi connectivity index (χ0n) is 9.06. The maximum atomic E-state index is 11.7. The molecule has 0 radical (unpaired) electrons. The van der Waals surface area contributed by atoms with E-state index in [9.17, 15) is 4.79 Å². The van der Waals surface area contributed by atoms with Crippen LogP contribution >= 0.6 is 11.6 Å². The molecule has 16 heavy (non-hydrogen) atoms. The molecule has 1 aromatic carbocycles. The van der Waals surface area contributed by atoms with Gasteiger partial charge in [-0.1, -0.05) is 18.2 Å². The number of hydrogen-bond donors (Lipinski definition) is 0. The summed E-state index contributed by atoms with van der Waals surface area (Å²) in [5, 5.41) is 0.256. The molecule has 2 rings (SSSR count). The van der Waals surface area contributed by atoms with Crippen molar-refractivity contribution < 1.29 is 9.53 Å². The fourth-order valence-corrected chi connectivity index (χ4v) is 2.19. The van der Waals surface area contributed by atoms with Gasteiger partial charge < -0.3 is 4.74 Å². The van der Waals surface area contributed by atoms with Crippen LogP contribution in [0.15, 0.2) is 30.3 Å². The highest BCUT2D eigenvalue weighted by Crippen LogP contribution is 2.25. The predicted octanol–water partition coefficient (Wildman–Crippen LogP) is 3.39. The topological polar surface area (TPSA) is 26.3 Å². The van der Waals surface area contributed by atoms with Gasteiger partial charge in [-0.15, -0.1) is 11.6 Å². The first-order chi connectivity index (χ1) is 7.75. The van der Waals surface area contributed by atoms with Crippen molar-refractivity contribution >= 4 is 17.6 Å². The lowest BCUT2D eigenvalue weighted by atomic mass is 9.97. The summed E-state index contributed by atoms with van der Waals surface area (Å²) < 4.78 is 5.43. The fourth-order valence-electron chi connectivity index (χ4n) is 1.93. The summed E-state index contributed by atoms with van der Waals surface area (Å²) in [5.41, 5.74) is 0.621. The summed E-state index contributed by atoms with van der Waals surface area (Å²) >= 11 is 6.00. The van der Waals surface area contributed by atoms with Crippen LogP contribution in [0.25, 0.3) is 0 Å². The molecule has 0 heterocycles.